The van der Waals surface area contributed by atoms with Gasteiger partial charge in [-0.3, -0.25) is 0 Å². The van der Waals surface area contributed by atoms with Crippen LogP contribution in [0.1, 0.15) is 38.8 Å². The molecule has 1 aliphatic rings. The van der Waals surface area contributed by atoms with Gasteiger partial charge in [0.25, 0.3) is 0 Å². The first-order valence-electron chi connectivity index (χ1n) is 5.89. The minimum absolute atomic E-state index is 0.0957. The maximum absolute atomic E-state index is 5.84. The molecule has 0 unspecified atom stereocenters. The van der Waals surface area contributed by atoms with Crippen LogP contribution in [0, 0.1) is 11.8 Å². The smallest absolute Gasteiger partial charge is 0.123 e. The van der Waals surface area contributed by atoms with E-state index in [1.807, 2.05) is 26.0 Å². The van der Waals surface area contributed by atoms with Crippen LogP contribution in [0.15, 0.2) is 18.2 Å². The number of ether oxygens (including phenoxy) is 1. The summed E-state index contributed by atoms with van der Waals surface area (Å²) in [5, 5.41) is 0. The lowest BCUT2D eigenvalue weighted by atomic mass is 10.00. The molecular weight excluding hydrogens is 210 g/mol. The molecule has 0 aliphatic carbocycles. The van der Waals surface area contributed by atoms with Crippen LogP contribution < -0.4 is 10.5 Å². The van der Waals surface area contributed by atoms with Gasteiger partial charge in [0.1, 0.15) is 11.4 Å². The van der Waals surface area contributed by atoms with Gasteiger partial charge in [0.05, 0.1) is 5.54 Å². The number of benzene rings is 1. The summed E-state index contributed by atoms with van der Waals surface area (Å²) in [6, 6.07) is 6.08. The zero-order valence-electron chi connectivity index (χ0n) is 10.9. The summed E-state index contributed by atoms with van der Waals surface area (Å²) in [5.41, 5.74) is 7.53. The van der Waals surface area contributed by atoms with Crippen molar-refractivity contribution in [1.29, 1.82) is 0 Å². The average Bonchev–Trinajstić information content (AvgIpc) is 2.46. The third kappa shape index (κ3) is 3.01. The standard InChI is InChI=1S/C15H19NO/c1-14(2,16)8-7-11-5-6-13-12(9-11)10-15(3,4)17-13/h5-6,9H,10,16H2,1-4H3. The molecule has 1 aliphatic heterocycles. The Morgan fingerprint density at radius 2 is 2.06 bits per heavy atom. The molecule has 1 aromatic carbocycles. The second kappa shape index (κ2) is 3.78. The van der Waals surface area contributed by atoms with E-state index in [1.54, 1.807) is 0 Å². The Morgan fingerprint density at radius 1 is 1.35 bits per heavy atom. The fourth-order valence-electron chi connectivity index (χ4n) is 1.92. The molecule has 1 heterocycles. The Bertz CT molecular complexity index is 498. The molecule has 2 heteroatoms. The zero-order chi connectivity index (χ0) is 12.7. The molecule has 0 saturated carbocycles. The molecule has 2 N–H and O–H groups in total. The predicted octanol–water partition coefficient (Wildman–Crippen LogP) is 2.49. The SMILES string of the molecule is CC(C)(N)C#Cc1ccc2c(c1)CC(C)(C)O2. The summed E-state index contributed by atoms with van der Waals surface area (Å²) >= 11 is 0. The van der Waals surface area contributed by atoms with Gasteiger partial charge in [-0.2, -0.15) is 0 Å². The van der Waals surface area contributed by atoms with Gasteiger partial charge in [-0.25, -0.2) is 0 Å². The van der Waals surface area contributed by atoms with Crippen molar-refractivity contribution in [3.63, 3.8) is 0 Å². The third-order valence-electron chi connectivity index (χ3n) is 2.59. The molecule has 0 fully saturated rings. The topological polar surface area (TPSA) is 35.2 Å². The molecule has 0 radical (unpaired) electrons. The molecular formula is C15H19NO. The van der Waals surface area contributed by atoms with Crippen LogP contribution in [0.3, 0.4) is 0 Å². The highest BCUT2D eigenvalue weighted by Crippen LogP contribution is 2.34. The van der Waals surface area contributed by atoms with E-state index in [2.05, 4.69) is 31.8 Å². The monoisotopic (exact) mass is 229 g/mol. The summed E-state index contributed by atoms with van der Waals surface area (Å²) < 4.78 is 5.82. The van der Waals surface area contributed by atoms with Gasteiger partial charge in [-0.05, 0) is 51.5 Å². The van der Waals surface area contributed by atoms with E-state index in [-0.39, 0.29) is 5.60 Å². The molecule has 0 spiro atoms. The van der Waals surface area contributed by atoms with E-state index in [9.17, 15) is 0 Å². The van der Waals surface area contributed by atoms with Crippen molar-refractivity contribution in [2.45, 2.75) is 45.3 Å². The van der Waals surface area contributed by atoms with Gasteiger partial charge in [-0.1, -0.05) is 11.8 Å². The van der Waals surface area contributed by atoms with E-state index >= 15 is 0 Å². The second-order valence-electron chi connectivity index (χ2n) is 5.83. The number of fused-ring (bicyclic) bond motifs is 1. The third-order valence-corrected chi connectivity index (χ3v) is 2.59. The maximum Gasteiger partial charge on any atom is 0.123 e. The maximum atomic E-state index is 5.84. The minimum atomic E-state index is -0.450. The van der Waals surface area contributed by atoms with Crippen molar-refractivity contribution in [3.05, 3.63) is 29.3 Å². The largest absolute Gasteiger partial charge is 0.487 e. The Labute approximate surface area is 103 Å². The Hall–Kier alpha value is -1.46. The average molecular weight is 229 g/mol. The normalized spacial score (nSPS) is 16.8. The van der Waals surface area contributed by atoms with E-state index in [4.69, 9.17) is 10.5 Å². The fourth-order valence-corrected chi connectivity index (χ4v) is 1.92. The molecule has 0 bridgehead atoms. The highest BCUT2D eigenvalue weighted by molar-refractivity contribution is 5.47. The van der Waals surface area contributed by atoms with Crippen LogP contribution in [0.2, 0.25) is 0 Å². The molecule has 90 valence electrons. The molecule has 0 aromatic heterocycles. The second-order valence-corrected chi connectivity index (χ2v) is 5.83. The molecule has 0 amide bonds. The van der Waals surface area contributed by atoms with Gasteiger partial charge in [-0.15, -0.1) is 0 Å². The van der Waals surface area contributed by atoms with Crippen molar-refractivity contribution in [1.82, 2.24) is 0 Å². The molecule has 2 nitrogen and oxygen atoms in total. The van der Waals surface area contributed by atoms with E-state index in [1.165, 1.54) is 5.56 Å². The van der Waals surface area contributed by atoms with Gasteiger partial charge < -0.3 is 10.5 Å². The van der Waals surface area contributed by atoms with Crippen molar-refractivity contribution in [2.75, 3.05) is 0 Å². The fraction of sp³-hybridized carbons (Fsp3) is 0.467. The van der Waals surface area contributed by atoms with Gasteiger partial charge >= 0.3 is 0 Å². The molecule has 17 heavy (non-hydrogen) atoms. The molecule has 2 rings (SSSR count). The van der Waals surface area contributed by atoms with Crippen LogP contribution >= 0.6 is 0 Å². The number of hydrogen-bond acceptors (Lipinski definition) is 2. The number of hydrogen-bond donors (Lipinski definition) is 1. The van der Waals surface area contributed by atoms with Crippen molar-refractivity contribution in [3.8, 4) is 17.6 Å². The highest BCUT2D eigenvalue weighted by atomic mass is 16.5. The predicted molar refractivity (Wildman–Crippen MR) is 70.0 cm³/mol. The summed E-state index contributed by atoms with van der Waals surface area (Å²) in [4.78, 5) is 0. The van der Waals surface area contributed by atoms with Gasteiger partial charge in [0.15, 0.2) is 0 Å². The Morgan fingerprint density at radius 3 is 2.71 bits per heavy atom. The van der Waals surface area contributed by atoms with Gasteiger partial charge in [0, 0.05) is 12.0 Å². The zero-order valence-corrected chi connectivity index (χ0v) is 10.9. The lowest BCUT2D eigenvalue weighted by Crippen LogP contribution is -2.29. The summed E-state index contributed by atoms with van der Waals surface area (Å²) in [7, 11) is 0. The molecule has 0 saturated heterocycles. The van der Waals surface area contributed by atoms with E-state index < -0.39 is 5.54 Å². The van der Waals surface area contributed by atoms with Crippen molar-refractivity contribution >= 4 is 0 Å². The minimum Gasteiger partial charge on any atom is -0.487 e. The first-order chi connectivity index (χ1) is 7.75. The lowest BCUT2D eigenvalue weighted by Gasteiger charge is -2.16. The van der Waals surface area contributed by atoms with Crippen LogP contribution in [0.4, 0.5) is 0 Å². The first-order valence-corrected chi connectivity index (χ1v) is 5.89. The Balaban J connectivity index is 2.28. The van der Waals surface area contributed by atoms with Crippen LogP contribution in [-0.4, -0.2) is 11.1 Å². The summed E-state index contributed by atoms with van der Waals surface area (Å²) in [6.45, 7) is 8.00. The highest BCUT2D eigenvalue weighted by Gasteiger charge is 2.29. The van der Waals surface area contributed by atoms with Gasteiger partial charge in [0.2, 0.25) is 0 Å². The van der Waals surface area contributed by atoms with E-state index in [0.717, 1.165) is 17.7 Å². The molecule has 1 aromatic rings. The summed E-state index contributed by atoms with van der Waals surface area (Å²) in [6.07, 6.45) is 0.934. The number of nitrogens with two attached hydrogens (primary N) is 1. The van der Waals surface area contributed by atoms with Crippen molar-refractivity contribution < 1.29 is 4.74 Å². The number of rotatable bonds is 0. The summed E-state index contributed by atoms with van der Waals surface area (Å²) in [5.74, 6) is 7.13. The van der Waals surface area contributed by atoms with Crippen LogP contribution in [0.25, 0.3) is 0 Å². The van der Waals surface area contributed by atoms with Crippen molar-refractivity contribution in [2.24, 2.45) is 5.73 Å². The molecule has 0 atom stereocenters. The van der Waals surface area contributed by atoms with Crippen LogP contribution in [-0.2, 0) is 6.42 Å². The Kier molecular flexibility index (Phi) is 2.67. The lowest BCUT2D eigenvalue weighted by molar-refractivity contribution is 0.138. The first kappa shape index (κ1) is 12.0. The van der Waals surface area contributed by atoms with Crippen LogP contribution in [0.5, 0.6) is 5.75 Å². The quantitative estimate of drug-likeness (QED) is 0.694. The van der Waals surface area contributed by atoms with E-state index in [0.29, 0.717) is 0 Å².